The number of nitrogens with two attached hydrogens (primary N) is 1. The SMILES string of the molecule is CCOC(=O)c1ccc(CN=C(N)Nc2ccccc2)cc1. The number of guanidine groups is 1. The molecule has 0 heterocycles. The van der Waals surface area contributed by atoms with Crippen molar-refractivity contribution in [2.75, 3.05) is 11.9 Å². The van der Waals surface area contributed by atoms with Gasteiger partial charge in [0.15, 0.2) is 5.96 Å². The van der Waals surface area contributed by atoms with Crippen molar-refractivity contribution in [2.24, 2.45) is 10.7 Å². The van der Waals surface area contributed by atoms with Crippen LogP contribution in [0.3, 0.4) is 0 Å². The molecule has 0 aromatic heterocycles. The first-order valence-electron chi connectivity index (χ1n) is 7.07. The molecule has 0 spiro atoms. The number of aliphatic imine (C=N–C) groups is 1. The van der Waals surface area contributed by atoms with Crippen LogP contribution in [0.4, 0.5) is 5.69 Å². The van der Waals surface area contributed by atoms with E-state index in [1.807, 2.05) is 42.5 Å². The van der Waals surface area contributed by atoms with E-state index >= 15 is 0 Å². The Bertz CT molecular complexity index is 637. The minimum atomic E-state index is -0.317. The lowest BCUT2D eigenvalue weighted by Gasteiger charge is -2.06. The summed E-state index contributed by atoms with van der Waals surface area (Å²) in [5.41, 5.74) is 8.22. The van der Waals surface area contributed by atoms with Crippen LogP contribution in [0.1, 0.15) is 22.8 Å². The van der Waals surface area contributed by atoms with E-state index in [1.54, 1.807) is 19.1 Å². The van der Waals surface area contributed by atoms with Crippen LogP contribution >= 0.6 is 0 Å². The molecule has 0 aliphatic heterocycles. The number of hydrogen-bond donors (Lipinski definition) is 2. The molecule has 0 amide bonds. The van der Waals surface area contributed by atoms with Gasteiger partial charge >= 0.3 is 5.97 Å². The molecular formula is C17H19N3O2. The Labute approximate surface area is 129 Å². The average molecular weight is 297 g/mol. The first-order chi connectivity index (χ1) is 10.7. The number of nitrogens with one attached hydrogen (secondary N) is 1. The summed E-state index contributed by atoms with van der Waals surface area (Å²) < 4.78 is 4.94. The van der Waals surface area contributed by atoms with E-state index in [4.69, 9.17) is 10.5 Å². The number of carbonyl (C=O) groups excluding carboxylic acids is 1. The quantitative estimate of drug-likeness (QED) is 0.505. The number of para-hydroxylation sites is 1. The summed E-state index contributed by atoms with van der Waals surface area (Å²) in [6.07, 6.45) is 0. The van der Waals surface area contributed by atoms with Crippen molar-refractivity contribution in [2.45, 2.75) is 13.5 Å². The summed E-state index contributed by atoms with van der Waals surface area (Å²) in [7, 11) is 0. The van der Waals surface area contributed by atoms with Gasteiger partial charge in [-0.1, -0.05) is 30.3 Å². The molecule has 0 bridgehead atoms. The van der Waals surface area contributed by atoms with Crippen molar-refractivity contribution < 1.29 is 9.53 Å². The van der Waals surface area contributed by atoms with Gasteiger partial charge in [0.05, 0.1) is 18.7 Å². The molecule has 0 aliphatic rings. The first-order valence-corrected chi connectivity index (χ1v) is 7.07. The molecule has 5 heteroatoms. The van der Waals surface area contributed by atoms with E-state index < -0.39 is 0 Å². The molecule has 114 valence electrons. The van der Waals surface area contributed by atoms with E-state index in [0.29, 0.717) is 24.7 Å². The van der Waals surface area contributed by atoms with Crippen LogP contribution < -0.4 is 11.1 Å². The van der Waals surface area contributed by atoms with Crippen LogP contribution in [0.15, 0.2) is 59.6 Å². The fourth-order valence-corrected chi connectivity index (χ4v) is 1.85. The molecule has 22 heavy (non-hydrogen) atoms. The van der Waals surface area contributed by atoms with Crippen molar-refractivity contribution in [3.63, 3.8) is 0 Å². The monoisotopic (exact) mass is 297 g/mol. The van der Waals surface area contributed by atoms with E-state index in [-0.39, 0.29) is 5.97 Å². The van der Waals surface area contributed by atoms with Crippen molar-refractivity contribution in [3.8, 4) is 0 Å². The highest BCUT2D eigenvalue weighted by Crippen LogP contribution is 2.08. The number of benzene rings is 2. The minimum Gasteiger partial charge on any atom is -0.462 e. The van der Waals surface area contributed by atoms with Crippen LogP contribution in [0.2, 0.25) is 0 Å². The van der Waals surface area contributed by atoms with Crippen molar-refractivity contribution in [1.29, 1.82) is 0 Å². The Balaban J connectivity index is 1.93. The summed E-state index contributed by atoms with van der Waals surface area (Å²) in [6, 6.07) is 16.7. The standard InChI is InChI=1S/C17H19N3O2/c1-2-22-16(21)14-10-8-13(9-11-14)12-19-17(18)20-15-6-4-3-5-7-15/h3-11H,2,12H2,1H3,(H3,18,19,20). The molecule has 2 aromatic carbocycles. The van der Waals surface area contributed by atoms with Gasteiger partial charge in [-0.05, 0) is 36.8 Å². The third-order valence-corrected chi connectivity index (χ3v) is 2.94. The summed E-state index contributed by atoms with van der Waals surface area (Å²) in [5, 5.41) is 3.01. The predicted octanol–water partition coefficient (Wildman–Crippen LogP) is 2.79. The fraction of sp³-hybridized carbons (Fsp3) is 0.176. The first kappa shape index (κ1) is 15.6. The highest BCUT2D eigenvalue weighted by molar-refractivity contribution is 5.92. The lowest BCUT2D eigenvalue weighted by molar-refractivity contribution is 0.0526. The maximum Gasteiger partial charge on any atom is 0.338 e. The molecule has 3 N–H and O–H groups in total. The molecule has 0 fully saturated rings. The third kappa shape index (κ3) is 4.63. The van der Waals surface area contributed by atoms with Gasteiger partial charge in [0.1, 0.15) is 0 Å². The number of rotatable bonds is 5. The highest BCUT2D eigenvalue weighted by atomic mass is 16.5. The largest absolute Gasteiger partial charge is 0.462 e. The molecule has 5 nitrogen and oxygen atoms in total. The van der Waals surface area contributed by atoms with Crippen LogP contribution in [0.5, 0.6) is 0 Å². The molecular weight excluding hydrogens is 278 g/mol. The number of hydrogen-bond acceptors (Lipinski definition) is 3. The van der Waals surface area contributed by atoms with Gasteiger partial charge < -0.3 is 15.8 Å². The summed E-state index contributed by atoms with van der Waals surface area (Å²) in [4.78, 5) is 15.8. The zero-order chi connectivity index (χ0) is 15.8. The van der Waals surface area contributed by atoms with E-state index in [1.165, 1.54) is 0 Å². The van der Waals surface area contributed by atoms with Crippen LogP contribution in [0.25, 0.3) is 0 Å². The van der Waals surface area contributed by atoms with Gasteiger partial charge in [-0.25, -0.2) is 9.79 Å². The van der Waals surface area contributed by atoms with Crippen LogP contribution in [-0.2, 0) is 11.3 Å². The Morgan fingerprint density at radius 3 is 2.45 bits per heavy atom. The molecule has 0 aliphatic carbocycles. The van der Waals surface area contributed by atoms with Gasteiger partial charge in [0.2, 0.25) is 0 Å². The maximum atomic E-state index is 11.5. The lowest BCUT2D eigenvalue weighted by atomic mass is 10.1. The molecule has 2 rings (SSSR count). The molecule has 0 radical (unpaired) electrons. The van der Waals surface area contributed by atoms with Crippen molar-refractivity contribution >= 4 is 17.6 Å². The van der Waals surface area contributed by atoms with Gasteiger partial charge in [-0.3, -0.25) is 0 Å². The number of anilines is 1. The average Bonchev–Trinajstić information content (AvgIpc) is 2.54. The highest BCUT2D eigenvalue weighted by Gasteiger charge is 2.05. The Morgan fingerprint density at radius 2 is 1.82 bits per heavy atom. The second-order valence-electron chi connectivity index (χ2n) is 4.61. The Hall–Kier alpha value is -2.82. The fourth-order valence-electron chi connectivity index (χ4n) is 1.85. The maximum absolute atomic E-state index is 11.5. The number of nitrogens with zero attached hydrogens (tertiary/aromatic N) is 1. The summed E-state index contributed by atoms with van der Waals surface area (Å²) in [5.74, 6) is 0.0310. The third-order valence-electron chi connectivity index (χ3n) is 2.94. The summed E-state index contributed by atoms with van der Waals surface area (Å²) in [6.45, 7) is 2.59. The smallest absolute Gasteiger partial charge is 0.338 e. The van der Waals surface area contributed by atoms with E-state index in [2.05, 4.69) is 10.3 Å². The van der Waals surface area contributed by atoms with E-state index in [0.717, 1.165) is 11.3 Å². The molecule has 0 atom stereocenters. The van der Waals surface area contributed by atoms with Crippen LogP contribution in [-0.4, -0.2) is 18.5 Å². The normalized spacial score (nSPS) is 11.0. The van der Waals surface area contributed by atoms with Gasteiger partial charge in [0, 0.05) is 5.69 Å². The second-order valence-corrected chi connectivity index (χ2v) is 4.61. The Morgan fingerprint density at radius 1 is 1.14 bits per heavy atom. The number of carbonyl (C=O) groups is 1. The zero-order valence-corrected chi connectivity index (χ0v) is 12.5. The Kier molecular flexibility index (Phi) is 5.54. The van der Waals surface area contributed by atoms with Crippen LogP contribution in [0, 0.1) is 0 Å². The molecule has 0 unspecified atom stereocenters. The number of ether oxygens (including phenoxy) is 1. The van der Waals surface area contributed by atoms with Gasteiger partial charge in [-0.2, -0.15) is 0 Å². The number of esters is 1. The van der Waals surface area contributed by atoms with Crippen molar-refractivity contribution in [1.82, 2.24) is 0 Å². The minimum absolute atomic E-state index is 0.317. The molecule has 0 saturated heterocycles. The molecule has 2 aromatic rings. The summed E-state index contributed by atoms with van der Waals surface area (Å²) >= 11 is 0. The predicted molar refractivity (Wildman–Crippen MR) is 87.8 cm³/mol. The zero-order valence-electron chi connectivity index (χ0n) is 12.5. The second kappa shape index (κ2) is 7.83. The van der Waals surface area contributed by atoms with E-state index in [9.17, 15) is 4.79 Å². The lowest BCUT2D eigenvalue weighted by Crippen LogP contribution is -2.22. The van der Waals surface area contributed by atoms with Crippen molar-refractivity contribution in [3.05, 3.63) is 65.7 Å². The topological polar surface area (TPSA) is 76.7 Å². The van der Waals surface area contributed by atoms with Gasteiger partial charge in [-0.15, -0.1) is 0 Å². The molecule has 0 saturated carbocycles. The van der Waals surface area contributed by atoms with Gasteiger partial charge in [0.25, 0.3) is 0 Å².